The molecule has 11 heavy (non-hydrogen) atoms. The molecule has 1 heterocycles. The lowest BCUT2D eigenvalue weighted by atomic mass is 10.3. The topological polar surface area (TPSA) is 30.0 Å². The van der Waals surface area contributed by atoms with Crippen molar-refractivity contribution in [1.29, 1.82) is 0 Å². The Labute approximate surface area is 77.5 Å². The molecule has 0 fully saturated rings. The molecule has 0 atom stereocenters. The van der Waals surface area contributed by atoms with E-state index in [0.29, 0.717) is 5.56 Å². The van der Waals surface area contributed by atoms with E-state index in [1.165, 1.54) is 0 Å². The summed E-state index contributed by atoms with van der Waals surface area (Å²) in [4.78, 5) is 14.3. The third-order valence-corrected chi connectivity index (χ3v) is 2.74. The van der Waals surface area contributed by atoms with Crippen LogP contribution in [0.5, 0.6) is 0 Å². The van der Waals surface area contributed by atoms with Crippen LogP contribution in [0.4, 0.5) is 0 Å². The molecule has 0 saturated heterocycles. The van der Waals surface area contributed by atoms with Crippen LogP contribution in [-0.2, 0) is 0 Å². The fourth-order valence-electron chi connectivity index (χ4n) is 0.655. The van der Waals surface area contributed by atoms with Crippen LogP contribution in [0.25, 0.3) is 0 Å². The Morgan fingerprint density at radius 2 is 2.45 bits per heavy atom. The molecule has 0 aromatic carbocycles. The number of hydrogen-bond donors (Lipinski definition) is 0. The van der Waals surface area contributed by atoms with E-state index < -0.39 is 0 Å². The lowest BCUT2D eigenvalue weighted by Crippen LogP contribution is -1.85. The molecular weight excluding hydrogens is 226 g/mol. The zero-order valence-electron chi connectivity index (χ0n) is 5.87. The lowest BCUT2D eigenvalue weighted by Gasteiger charge is -1.98. The van der Waals surface area contributed by atoms with Crippen molar-refractivity contribution < 1.29 is 4.79 Å². The molecule has 1 rings (SSSR count). The Bertz CT molecular complexity index is 277. The first-order valence-corrected chi connectivity index (χ1v) is 4.94. The fraction of sp³-hybridized carbons (Fsp3) is 0.143. The van der Waals surface area contributed by atoms with Gasteiger partial charge in [0.15, 0.2) is 6.29 Å². The van der Waals surface area contributed by atoms with Gasteiger partial charge in [-0.1, -0.05) is 0 Å². The number of halogens is 1. The summed E-state index contributed by atoms with van der Waals surface area (Å²) < 4.78 is 0.870. The van der Waals surface area contributed by atoms with Gasteiger partial charge < -0.3 is 0 Å². The minimum absolute atomic E-state index is 0.592. The highest BCUT2D eigenvalue weighted by molar-refractivity contribution is 9.10. The summed E-state index contributed by atoms with van der Waals surface area (Å²) in [6.07, 6.45) is 4.28. The van der Waals surface area contributed by atoms with E-state index >= 15 is 0 Å². The molecule has 0 unspecified atom stereocenters. The second-order valence-corrected chi connectivity index (χ2v) is 3.53. The van der Waals surface area contributed by atoms with Crippen molar-refractivity contribution in [1.82, 2.24) is 4.98 Å². The van der Waals surface area contributed by atoms with Gasteiger partial charge in [0.05, 0.1) is 4.47 Å². The second kappa shape index (κ2) is 3.88. The third-order valence-electron chi connectivity index (χ3n) is 1.16. The third kappa shape index (κ3) is 2.04. The first-order valence-electron chi connectivity index (χ1n) is 2.92. The Balaban J connectivity index is 3.09. The molecule has 4 heteroatoms. The van der Waals surface area contributed by atoms with Gasteiger partial charge in [0.25, 0.3) is 0 Å². The molecule has 0 radical (unpaired) electrons. The minimum atomic E-state index is 0.592. The normalized spacial score (nSPS) is 9.64. The lowest BCUT2D eigenvalue weighted by molar-refractivity contribution is 0.112. The quantitative estimate of drug-likeness (QED) is 0.579. The van der Waals surface area contributed by atoms with Crippen LogP contribution in [0.2, 0.25) is 0 Å². The summed E-state index contributed by atoms with van der Waals surface area (Å²) >= 11 is 4.85. The predicted molar refractivity (Wildman–Crippen MR) is 49.1 cm³/mol. The standard InChI is InChI=1S/C7H6BrNOS/c1-11-7-6(8)2-5(4-10)3-9-7/h2-4H,1H3. The summed E-state index contributed by atoms with van der Waals surface area (Å²) in [5.74, 6) is 0. The maximum absolute atomic E-state index is 10.3. The van der Waals surface area contributed by atoms with Gasteiger partial charge in [-0.05, 0) is 28.3 Å². The average Bonchev–Trinajstić information content (AvgIpc) is 2.04. The molecule has 58 valence electrons. The average molecular weight is 232 g/mol. The van der Waals surface area contributed by atoms with Crippen LogP contribution >= 0.6 is 27.7 Å². The van der Waals surface area contributed by atoms with Gasteiger partial charge in [-0.3, -0.25) is 4.79 Å². The van der Waals surface area contributed by atoms with E-state index in [9.17, 15) is 4.79 Å². The zero-order chi connectivity index (χ0) is 8.27. The van der Waals surface area contributed by atoms with E-state index in [0.717, 1.165) is 15.8 Å². The molecule has 0 aliphatic carbocycles. The molecule has 0 bridgehead atoms. The number of carbonyl (C=O) groups excluding carboxylic acids is 1. The molecular formula is C7H6BrNOS. The van der Waals surface area contributed by atoms with E-state index in [1.54, 1.807) is 24.0 Å². The highest BCUT2D eigenvalue weighted by atomic mass is 79.9. The van der Waals surface area contributed by atoms with Gasteiger partial charge in [-0.15, -0.1) is 11.8 Å². The molecule has 1 aromatic heterocycles. The molecule has 0 amide bonds. The molecule has 1 aromatic rings. The Morgan fingerprint density at radius 1 is 1.73 bits per heavy atom. The van der Waals surface area contributed by atoms with Crippen molar-refractivity contribution in [3.05, 3.63) is 22.3 Å². The predicted octanol–water partition coefficient (Wildman–Crippen LogP) is 2.38. The molecule has 0 aliphatic heterocycles. The van der Waals surface area contributed by atoms with Crippen LogP contribution < -0.4 is 0 Å². The number of rotatable bonds is 2. The largest absolute Gasteiger partial charge is 0.298 e. The van der Waals surface area contributed by atoms with Crippen molar-refractivity contribution in [3.8, 4) is 0 Å². The fourth-order valence-corrected chi connectivity index (χ4v) is 1.92. The number of pyridine rings is 1. The summed E-state index contributed by atoms with van der Waals surface area (Å²) in [6, 6.07) is 1.76. The molecule has 0 spiro atoms. The van der Waals surface area contributed by atoms with Gasteiger partial charge in [0.1, 0.15) is 5.03 Å². The van der Waals surface area contributed by atoms with E-state index in [1.807, 2.05) is 6.26 Å². The minimum Gasteiger partial charge on any atom is -0.298 e. The summed E-state index contributed by atoms with van der Waals surface area (Å²) in [5, 5.41) is 0.899. The number of hydrogen-bond acceptors (Lipinski definition) is 3. The molecule has 2 nitrogen and oxygen atoms in total. The highest BCUT2D eigenvalue weighted by Crippen LogP contribution is 2.23. The monoisotopic (exact) mass is 231 g/mol. The molecule has 0 saturated carbocycles. The SMILES string of the molecule is CSc1ncc(C=O)cc1Br. The van der Waals surface area contributed by atoms with Crippen molar-refractivity contribution >= 4 is 34.0 Å². The van der Waals surface area contributed by atoms with Gasteiger partial charge in [0.2, 0.25) is 0 Å². The number of thioether (sulfide) groups is 1. The van der Waals surface area contributed by atoms with Crippen LogP contribution in [0.1, 0.15) is 10.4 Å². The van der Waals surface area contributed by atoms with Crippen LogP contribution in [-0.4, -0.2) is 17.5 Å². The number of nitrogens with zero attached hydrogens (tertiary/aromatic N) is 1. The number of aromatic nitrogens is 1. The van der Waals surface area contributed by atoms with E-state index in [4.69, 9.17) is 0 Å². The zero-order valence-corrected chi connectivity index (χ0v) is 8.28. The highest BCUT2D eigenvalue weighted by Gasteiger charge is 1.99. The maximum Gasteiger partial charge on any atom is 0.151 e. The smallest absolute Gasteiger partial charge is 0.151 e. The van der Waals surface area contributed by atoms with Crippen molar-refractivity contribution in [2.45, 2.75) is 5.03 Å². The maximum atomic E-state index is 10.3. The Kier molecular flexibility index (Phi) is 3.08. The van der Waals surface area contributed by atoms with Gasteiger partial charge in [-0.25, -0.2) is 4.98 Å². The molecule has 0 N–H and O–H groups in total. The molecule has 0 aliphatic rings. The van der Waals surface area contributed by atoms with Gasteiger partial charge >= 0.3 is 0 Å². The Hall–Kier alpha value is -0.350. The second-order valence-electron chi connectivity index (χ2n) is 1.88. The number of aldehydes is 1. The van der Waals surface area contributed by atoms with Crippen LogP contribution in [0.15, 0.2) is 21.8 Å². The van der Waals surface area contributed by atoms with E-state index in [-0.39, 0.29) is 0 Å². The van der Waals surface area contributed by atoms with Crippen molar-refractivity contribution in [3.63, 3.8) is 0 Å². The summed E-state index contributed by atoms with van der Waals surface area (Å²) in [5.41, 5.74) is 0.592. The van der Waals surface area contributed by atoms with Crippen LogP contribution in [0, 0.1) is 0 Å². The van der Waals surface area contributed by atoms with Crippen molar-refractivity contribution in [2.24, 2.45) is 0 Å². The Morgan fingerprint density at radius 3 is 2.91 bits per heavy atom. The summed E-state index contributed by atoms with van der Waals surface area (Å²) in [6.45, 7) is 0. The van der Waals surface area contributed by atoms with Gasteiger partial charge in [0, 0.05) is 11.8 Å². The van der Waals surface area contributed by atoms with Crippen molar-refractivity contribution in [2.75, 3.05) is 6.26 Å². The van der Waals surface area contributed by atoms with Gasteiger partial charge in [-0.2, -0.15) is 0 Å². The summed E-state index contributed by atoms with van der Waals surface area (Å²) in [7, 11) is 0. The number of carbonyl (C=O) groups is 1. The first kappa shape index (κ1) is 8.74. The first-order chi connectivity index (χ1) is 5.27. The van der Waals surface area contributed by atoms with Crippen LogP contribution in [0.3, 0.4) is 0 Å². The van der Waals surface area contributed by atoms with E-state index in [2.05, 4.69) is 20.9 Å².